The molecule has 0 radical (unpaired) electrons. The van der Waals surface area contributed by atoms with Crippen molar-refractivity contribution in [1.82, 2.24) is 4.90 Å². The molecule has 0 rings (SSSR count). The van der Waals surface area contributed by atoms with Gasteiger partial charge in [0.05, 0.1) is 13.0 Å². The minimum atomic E-state index is -0.0282. The van der Waals surface area contributed by atoms with Crippen LogP contribution in [0, 0.1) is 0 Å². The van der Waals surface area contributed by atoms with Crippen molar-refractivity contribution in [2.45, 2.75) is 78.6 Å². The van der Waals surface area contributed by atoms with Gasteiger partial charge in [0.1, 0.15) is 0 Å². The maximum atomic E-state index is 11.7. The van der Waals surface area contributed by atoms with Crippen molar-refractivity contribution in [3.63, 3.8) is 0 Å². The van der Waals surface area contributed by atoms with Gasteiger partial charge in [0.25, 0.3) is 0 Å². The summed E-state index contributed by atoms with van der Waals surface area (Å²) in [4.78, 5) is 14.1. The first-order valence-electron chi connectivity index (χ1n) is 8.62. The van der Waals surface area contributed by atoms with E-state index in [1.807, 2.05) is 0 Å². The smallest absolute Gasteiger partial charge is 0.307 e. The molecule has 0 fully saturated rings. The Labute approximate surface area is 126 Å². The van der Waals surface area contributed by atoms with E-state index in [9.17, 15) is 4.79 Å². The second-order valence-electron chi connectivity index (χ2n) is 5.58. The van der Waals surface area contributed by atoms with Gasteiger partial charge >= 0.3 is 5.97 Å². The Balaban J connectivity index is 3.68. The van der Waals surface area contributed by atoms with Crippen LogP contribution in [0.15, 0.2) is 0 Å². The molecule has 0 aliphatic rings. The Morgan fingerprint density at radius 2 is 1.40 bits per heavy atom. The van der Waals surface area contributed by atoms with E-state index >= 15 is 0 Å². The lowest BCUT2D eigenvalue weighted by Gasteiger charge is -2.21. The molecule has 0 unspecified atom stereocenters. The first-order chi connectivity index (χ1) is 9.74. The Kier molecular flexibility index (Phi) is 14.4. The summed E-state index contributed by atoms with van der Waals surface area (Å²) in [6.45, 7) is 10.3. The van der Waals surface area contributed by atoms with Gasteiger partial charge in [-0.15, -0.1) is 0 Å². The molecule has 0 bridgehead atoms. The normalized spacial score (nSPS) is 11.0. The molecular formula is C17H35NO2. The molecular weight excluding hydrogens is 250 g/mol. The average Bonchev–Trinajstić information content (AvgIpc) is 2.46. The van der Waals surface area contributed by atoms with E-state index in [-0.39, 0.29) is 5.97 Å². The third-order valence-electron chi connectivity index (χ3n) is 3.55. The predicted molar refractivity (Wildman–Crippen MR) is 86.0 cm³/mol. The molecule has 120 valence electrons. The van der Waals surface area contributed by atoms with Crippen LogP contribution in [0.1, 0.15) is 78.6 Å². The molecule has 3 nitrogen and oxygen atoms in total. The summed E-state index contributed by atoms with van der Waals surface area (Å²) in [5.74, 6) is -0.0282. The highest BCUT2D eigenvalue weighted by Gasteiger charge is 2.08. The quantitative estimate of drug-likeness (QED) is 0.350. The molecule has 0 saturated carbocycles. The Morgan fingerprint density at radius 1 is 0.800 bits per heavy atom. The van der Waals surface area contributed by atoms with Gasteiger partial charge in [-0.3, -0.25) is 4.79 Å². The highest BCUT2D eigenvalue weighted by Crippen LogP contribution is 2.03. The number of esters is 1. The summed E-state index contributed by atoms with van der Waals surface area (Å²) < 4.78 is 5.28. The fraction of sp³-hybridized carbons (Fsp3) is 0.941. The first-order valence-corrected chi connectivity index (χ1v) is 8.62. The van der Waals surface area contributed by atoms with Crippen molar-refractivity contribution >= 4 is 5.97 Å². The molecule has 0 amide bonds. The van der Waals surface area contributed by atoms with Gasteiger partial charge in [0, 0.05) is 6.54 Å². The Bertz CT molecular complexity index is 211. The van der Waals surface area contributed by atoms with Gasteiger partial charge in [-0.25, -0.2) is 0 Å². The van der Waals surface area contributed by atoms with Crippen molar-refractivity contribution in [2.75, 3.05) is 26.2 Å². The van der Waals surface area contributed by atoms with Crippen molar-refractivity contribution in [2.24, 2.45) is 0 Å². The zero-order chi connectivity index (χ0) is 15.1. The molecule has 0 aliphatic heterocycles. The van der Waals surface area contributed by atoms with E-state index in [2.05, 4.69) is 25.7 Å². The molecule has 0 heterocycles. The van der Waals surface area contributed by atoms with Gasteiger partial charge in [-0.2, -0.15) is 0 Å². The zero-order valence-corrected chi connectivity index (χ0v) is 14.0. The summed E-state index contributed by atoms with van der Waals surface area (Å²) in [7, 11) is 0. The van der Waals surface area contributed by atoms with Gasteiger partial charge in [0.15, 0.2) is 0 Å². The lowest BCUT2D eigenvalue weighted by molar-refractivity contribution is -0.144. The molecule has 20 heavy (non-hydrogen) atoms. The standard InChI is InChI=1S/C17H35NO2/c1-4-7-10-11-16-20-17(19)12-15-18(13-8-5-2)14-9-6-3/h4-16H2,1-3H3. The van der Waals surface area contributed by atoms with Crippen LogP contribution in [0.3, 0.4) is 0 Å². The predicted octanol–water partition coefficient (Wildman–Crippen LogP) is 4.40. The third-order valence-corrected chi connectivity index (χ3v) is 3.55. The van der Waals surface area contributed by atoms with Crippen LogP contribution in [0.2, 0.25) is 0 Å². The minimum Gasteiger partial charge on any atom is -0.466 e. The third kappa shape index (κ3) is 12.5. The van der Waals surface area contributed by atoms with E-state index < -0.39 is 0 Å². The highest BCUT2D eigenvalue weighted by molar-refractivity contribution is 5.69. The maximum absolute atomic E-state index is 11.7. The van der Waals surface area contributed by atoms with Crippen LogP contribution >= 0.6 is 0 Å². The summed E-state index contributed by atoms with van der Waals surface area (Å²) in [5, 5.41) is 0. The topological polar surface area (TPSA) is 29.5 Å². The molecule has 0 aromatic carbocycles. The van der Waals surface area contributed by atoms with Crippen molar-refractivity contribution in [3.8, 4) is 0 Å². The fourth-order valence-corrected chi connectivity index (χ4v) is 2.14. The highest BCUT2D eigenvalue weighted by atomic mass is 16.5. The minimum absolute atomic E-state index is 0.0282. The van der Waals surface area contributed by atoms with Gasteiger partial charge in [0.2, 0.25) is 0 Å². The number of hydrogen-bond acceptors (Lipinski definition) is 3. The van der Waals surface area contributed by atoms with Crippen LogP contribution in [0.5, 0.6) is 0 Å². The Morgan fingerprint density at radius 3 is 1.95 bits per heavy atom. The summed E-state index contributed by atoms with van der Waals surface area (Å²) in [6.07, 6.45) is 10.0. The van der Waals surface area contributed by atoms with Gasteiger partial charge in [-0.05, 0) is 32.4 Å². The van der Waals surface area contributed by atoms with Crippen molar-refractivity contribution < 1.29 is 9.53 Å². The maximum Gasteiger partial charge on any atom is 0.307 e. The molecule has 0 spiro atoms. The van der Waals surface area contributed by atoms with E-state index in [0.717, 1.165) is 26.1 Å². The number of hydrogen-bond donors (Lipinski definition) is 0. The summed E-state index contributed by atoms with van der Waals surface area (Å²) in [5.41, 5.74) is 0. The largest absolute Gasteiger partial charge is 0.466 e. The fourth-order valence-electron chi connectivity index (χ4n) is 2.14. The average molecular weight is 285 g/mol. The molecule has 0 aromatic rings. The van der Waals surface area contributed by atoms with Crippen LogP contribution in [0.4, 0.5) is 0 Å². The number of carbonyl (C=O) groups excluding carboxylic acids is 1. The van der Waals surface area contributed by atoms with Crippen LogP contribution < -0.4 is 0 Å². The SMILES string of the molecule is CCCCCCOC(=O)CCN(CCCC)CCCC. The number of carbonyl (C=O) groups is 1. The monoisotopic (exact) mass is 285 g/mol. The van der Waals surface area contributed by atoms with Crippen molar-refractivity contribution in [3.05, 3.63) is 0 Å². The molecule has 0 aliphatic carbocycles. The van der Waals surface area contributed by atoms with Gasteiger partial charge in [-0.1, -0.05) is 52.9 Å². The lowest BCUT2D eigenvalue weighted by atomic mass is 10.2. The summed E-state index contributed by atoms with van der Waals surface area (Å²) in [6, 6.07) is 0. The molecule has 0 aromatic heterocycles. The molecule has 0 saturated heterocycles. The Hall–Kier alpha value is -0.570. The number of unbranched alkanes of at least 4 members (excludes halogenated alkanes) is 5. The molecule has 3 heteroatoms. The van der Waals surface area contributed by atoms with Crippen LogP contribution in [-0.2, 0) is 9.53 Å². The van der Waals surface area contributed by atoms with E-state index in [1.54, 1.807) is 0 Å². The lowest BCUT2D eigenvalue weighted by Crippen LogP contribution is -2.29. The number of rotatable bonds is 14. The van der Waals surface area contributed by atoms with E-state index in [0.29, 0.717) is 13.0 Å². The second-order valence-corrected chi connectivity index (χ2v) is 5.58. The number of ether oxygens (including phenoxy) is 1. The second kappa shape index (κ2) is 14.8. The van der Waals surface area contributed by atoms with E-state index in [4.69, 9.17) is 4.74 Å². The van der Waals surface area contributed by atoms with E-state index in [1.165, 1.54) is 44.9 Å². The summed E-state index contributed by atoms with van der Waals surface area (Å²) >= 11 is 0. The van der Waals surface area contributed by atoms with Gasteiger partial charge < -0.3 is 9.64 Å². The first kappa shape index (κ1) is 19.4. The number of nitrogens with zero attached hydrogens (tertiary/aromatic N) is 1. The van der Waals surface area contributed by atoms with Crippen LogP contribution in [-0.4, -0.2) is 37.1 Å². The van der Waals surface area contributed by atoms with Crippen LogP contribution in [0.25, 0.3) is 0 Å². The molecule has 0 atom stereocenters. The van der Waals surface area contributed by atoms with Crippen molar-refractivity contribution in [1.29, 1.82) is 0 Å². The zero-order valence-electron chi connectivity index (χ0n) is 14.0. The molecule has 0 N–H and O–H groups in total.